The van der Waals surface area contributed by atoms with Crippen LogP contribution in [0.2, 0.25) is 0 Å². The average molecular weight is 285 g/mol. The van der Waals surface area contributed by atoms with E-state index in [1.54, 1.807) is 0 Å². The van der Waals surface area contributed by atoms with Crippen LogP contribution in [0.15, 0.2) is 54.6 Å². The number of nitrogens with one attached hydrogen (secondary N) is 1. The molecule has 0 saturated heterocycles. The van der Waals surface area contributed by atoms with Crippen molar-refractivity contribution in [1.82, 2.24) is 10.4 Å². The molecule has 2 aromatic carbocycles. The van der Waals surface area contributed by atoms with Crippen LogP contribution in [-0.2, 0) is 6.61 Å². The number of hydrazine groups is 1. The first-order valence-electron chi connectivity index (χ1n) is 7.09. The fourth-order valence-electron chi connectivity index (χ4n) is 2.11. The maximum Gasteiger partial charge on any atom is 0.119 e. The first kappa shape index (κ1) is 15.5. The number of benzene rings is 2. The van der Waals surface area contributed by atoms with Crippen LogP contribution < -0.4 is 15.9 Å². The molecule has 0 radical (unpaired) electrons. The number of ether oxygens (including phenoxy) is 1. The lowest BCUT2D eigenvalue weighted by atomic mass is 10.1. The summed E-state index contributed by atoms with van der Waals surface area (Å²) in [7, 11) is 3.92. The van der Waals surface area contributed by atoms with Gasteiger partial charge in [-0.3, -0.25) is 0 Å². The molecule has 0 bridgehead atoms. The normalized spacial score (nSPS) is 12.4. The second-order valence-corrected chi connectivity index (χ2v) is 5.16. The molecule has 4 nitrogen and oxygen atoms in total. The molecule has 0 amide bonds. The van der Waals surface area contributed by atoms with Crippen molar-refractivity contribution < 1.29 is 4.74 Å². The van der Waals surface area contributed by atoms with Gasteiger partial charge in [0.1, 0.15) is 12.4 Å². The maximum absolute atomic E-state index is 5.81. The van der Waals surface area contributed by atoms with Crippen molar-refractivity contribution in [2.45, 2.75) is 12.6 Å². The predicted molar refractivity (Wildman–Crippen MR) is 85.8 cm³/mol. The maximum atomic E-state index is 5.81. The van der Waals surface area contributed by atoms with Crippen molar-refractivity contribution in [1.29, 1.82) is 0 Å². The van der Waals surface area contributed by atoms with E-state index in [0.717, 1.165) is 16.9 Å². The smallest absolute Gasteiger partial charge is 0.119 e. The molecule has 0 aliphatic heterocycles. The summed E-state index contributed by atoms with van der Waals surface area (Å²) in [5.41, 5.74) is 11.4. The Morgan fingerprint density at radius 1 is 1.05 bits per heavy atom. The van der Waals surface area contributed by atoms with Gasteiger partial charge in [0.25, 0.3) is 0 Å². The van der Waals surface area contributed by atoms with Gasteiger partial charge < -0.3 is 10.5 Å². The van der Waals surface area contributed by atoms with E-state index in [9.17, 15) is 0 Å². The van der Waals surface area contributed by atoms with Gasteiger partial charge in [-0.25, -0.2) is 10.4 Å². The topological polar surface area (TPSA) is 50.5 Å². The molecule has 1 atom stereocenters. The molecule has 3 N–H and O–H groups in total. The lowest BCUT2D eigenvalue weighted by Crippen LogP contribution is -2.37. The van der Waals surface area contributed by atoms with Crippen LogP contribution in [0, 0.1) is 0 Å². The Hall–Kier alpha value is -1.88. The molecule has 0 heterocycles. The second kappa shape index (κ2) is 7.78. The fraction of sp³-hybridized carbons (Fsp3) is 0.294. The van der Waals surface area contributed by atoms with Crippen LogP contribution >= 0.6 is 0 Å². The summed E-state index contributed by atoms with van der Waals surface area (Å²) >= 11 is 0. The van der Waals surface area contributed by atoms with E-state index < -0.39 is 0 Å². The molecular weight excluding hydrogens is 262 g/mol. The van der Waals surface area contributed by atoms with Crippen LogP contribution in [0.25, 0.3) is 0 Å². The molecule has 0 aliphatic carbocycles. The van der Waals surface area contributed by atoms with Crippen LogP contribution in [-0.4, -0.2) is 25.6 Å². The van der Waals surface area contributed by atoms with Gasteiger partial charge in [-0.15, -0.1) is 0 Å². The third kappa shape index (κ3) is 4.86. The third-order valence-electron chi connectivity index (χ3n) is 3.18. The summed E-state index contributed by atoms with van der Waals surface area (Å²) < 4.78 is 5.78. The fourth-order valence-corrected chi connectivity index (χ4v) is 2.11. The highest BCUT2D eigenvalue weighted by Crippen LogP contribution is 2.18. The number of hydrogen-bond acceptors (Lipinski definition) is 4. The van der Waals surface area contributed by atoms with E-state index in [1.165, 1.54) is 0 Å². The molecule has 21 heavy (non-hydrogen) atoms. The number of nitrogens with zero attached hydrogens (tertiary/aromatic N) is 1. The minimum atomic E-state index is 0.114. The van der Waals surface area contributed by atoms with E-state index in [-0.39, 0.29) is 6.04 Å². The van der Waals surface area contributed by atoms with E-state index in [4.69, 9.17) is 10.5 Å². The quantitative estimate of drug-likeness (QED) is 0.767. The van der Waals surface area contributed by atoms with Gasteiger partial charge in [0.05, 0.1) is 6.04 Å². The molecular formula is C17H23N3O. The first-order chi connectivity index (χ1) is 10.2. The third-order valence-corrected chi connectivity index (χ3v) is 3.18. The summed E-state index contributed by atoms with van der Waals surface area (Å²) in [6.07, 6.45) is 0. The molecule has 0 spiro atoms. The second-order valence-electron chi connectivity index (χ2n) is 5.16. The molecule has 2 aromatic rings. The van der Waals surface area contributed by atoms with Gasteiger partial charge in [0, 0.05) is 20.6 Å². The van der Waals surface area contributed by atoms with Crippen molar-refractivity contribution in [2.24, 2.45) is 5.73 Å². The Morgan fingerprint density at radius 3 is 2.29 bits per heavy atom. The SMILES string of the molecule is CN(C)NC(CN)c1ccc(OCc2ccccc2)cc1. The van der Waals surface area contributed by atoms with Gasteiger partial charge in [0.15, 0.2) is 0 Å². The van der Waals surface area contributed by atoms with E-state index in [1.807, 2.05) is 61.6 Å². The van der Waals surface area contributed by atoms with Crippen LogP contribution in [0.3, 0.4) is 0 Å². The molecule has 2 rings (SSSR count). The van der Waals surface area contributed by atoms with E-state index in [0.29, 0.717) is 13.2 Å². The Bertz CT molecular complexity index is 525. The van der Waals surface area contributed by atoms with Crippen molar-refractivity contribution in [3.63, 3.8) is 0 Å². The number of nitrogens with two attached hydrogens (primary N) is 1. The standard InChI is InChI=1S/C17H23N3O/c1-20(2)19-17(12-18)15-8-10-16(11-9-15)21-13-14-6-4-3-5-7-14/h3-11,17,19H,12-13,18H2,1-2H3. The first-order valence-corrected chi connectivity index (χ1v) is 7.09. The van der Waals surface area contributed by atoms with Gasteiger partial charge >= 0.3 is 0 Å². The molecule has 0 saturated carbocycles. The molecule has 4 heteroatoms. The Morgan fingerprint density at radius 2 is 1.71 bits per heavy atom. The highest BCUT2D eigenvalue weighted by atomic mass is 16.5. The van der Waals surface area contributed by atoms with Crippen molar-refractivity contribution in [2.75, 3.05) is 20.6 Å². The lowest BCUT2D eigenvalue weighted by molar-refractivity contribution is 0.245. The van der Waals surface area contributed by atoms with Crippen LogP contribution in [0.5, 0.6) is 5.75 Å². The Labute approximate surface area is 126 Å². The Balaban J connectivity index is 1.95. The zero-order valence-corrected chi connectivity index (χ0v) is 12.6. The van der Waals surface area contributed by atoms with Crippen LogP contribution in [0.4, 0.5) is 0 Å². The highest BCUT2D eigenvalue weighted by molar-refractivity contribution is 5.29. The largest absolute Gasteiger partial charge is 0.489 e. The molecule has 0 aliphatic rings. The van der Waals surface area contributed by atoms with Crippen molar-refractivity contribution >= 4 is 0 Å². The van der Waals surface area contributed by atoms with Crippen molar-refractivity contribution in [3.05, 3.63) is 65.7 Å². The number of hydrogen-bond donors (Lipinski definition) is 2. The van der Waals surface area contributed by atoms with Gasteiger partial charge in [0.2, 0.25) is 0 Å². The number of rotatable bonds is 7. The minimum Gasteiger partial charge on any atom is -0.489 e. The van der Waals surface area contributed by atoms with E-state index in [2.05, 4.69) is 17.6 Å². The predicted octanol–water partition coefficient (Wildman–Crippen LogP) is 2.33. The monoisotopic (exact) mass is 285 g/mol. The van der Waals surface area contributed by atoms with Gasteiger partial charge in [-0.1, -0.05) is 42.5 Å². The van der Waals surface area contributed by atoms with Gasteiger partial charge in [-0.2, -0.15) is 0 Å². The zero-order valence-electron chi connectivity index (χ0n) is 12.6. The van der Waals surface area contributed by atoms with Gasteiger partial charge in [-0.05, 0) is 23.3 Å². The average Bonchev–Trinajstić information content (AvgIpc) is 2.52. The summed E-state index contributed by atoms with van der Waals surface area (Å²) in [6.45, 7) is 1.12. The van der Waals surface area contributed by atoms with Crippen molar-refractivity contribution in [3.8, 4) is 5.75 Å². The minimum absolute atomic E-state index is 0.114. The summed E-state index contributed by atoms with van der Waals surface area (Å²) in [4.78, 5) is 0. The van der Waals surface area contributed by atoms with Crippen LogP contribution in [0.1, 0.15) is 17.2 Å². The molecule has 0 fully saturated rings. The zero-order chi connectivity index (χ0) is 15.1. The summed E-state index contributed by atoms with van der Waals surface area (Å²) in [6, 6.07) is 18.3. The Kier molecular flexibility index (Phi) is 5.75. The molecule has 112 valence electrons. The van der Waals surface area contributed by atoms with E-state index >= 15 is 0 Å². The summed E-state index contributed by atoms with van der Waals surface area (Å²) in [5.74, 6) is 0.864. The highest BCUT2D eigenvalue weighted by Gasteiger charge is 2.09. The summed E-state index contributed by atoms with van der Waals surface area (Å²) in [5, 5.41) is 1.91. The molecule has 1 unspecified atom stereocenters. The lowest BCUT2D eigenvalue weighted by Gasteiger charge is -2.22. The molecule has 0 aromatic heterocycles.